The quantitative estimate of drug-likeness (QED) is 0.603. The normalized spacial score (nSPS) is 18.3. The van der Waals surface area contributed by atoms with Gasteiger partial charge >= 0.3 is 0 Å². The molecule has 0 radical (unpaired) electrons. The molecule has 0 saturated carbocycles. The van der Waals surface area contributed by atoms with Crippen molar-refractivity contribution in [2.75, 3.05) is 23.8 Å². The Morgan fingerprint density at radius 3 is 2.86 bits per heavy atom. The first-order valence-electron chi connectivity index (χ1n) is 9.41. The lowest BCUT2D eigenvalue weighted by molar-refractivity contribution is -0.130. The number of amides is 1. The van der Waals surface area contributed by atoms with Crippen molar-refractivity contribution in [2.24, 2.45) is 0 Å². The molecule has 0 unspecified atom stereocenters. The van der Waals surface area contributed by atoms with Crippen molar-refractivity contribution in [1.82, 2.24) is 15.1 Å². The number of carbonyl (C=O) groups excluding carboxylic acids is 1. The molecule has 9 heteroatoms. The van der Waals surface area contributed by atoms with Crippen LogP contribution in [0.15, 0.2) is 33.9 Å². The second kappa shape index (κ2) is 9.09. The minimum atomic E-state index is -3.04. The van der Waals surface area contributed by atoms with Gasteiger partial charge in [-0.05, 0) is 31.9 Å². The van der Waals surface area contributed by atoms with Gasteiger partial charge in [-0.2, -0.15) is 0 Å². The predicted octanol–water partition coefficient (Wildman–Crippen LogP) is 2.95. The van der Waals surface area contributed by atoms with E-state index in [1.807, 2.05) is 38.1 Å². The molecule has 3 rings (SSSR count). The van der Waals surface area contributed by atoms with E-state index in [1.165, 1.54) is 11.8 Å². The van der Waals surface area contributed by atoms with Crippen LogP contribution >= 0.6 is 11.8 Å². The van der Waals surface area contributed by atoms with Crippen LogP contribution in [0, 0.1) is 6.92 Å². The summed E-state index contributed by atoms with van der Waals surface area (Å²) in [5.74, 6) is 0.699. The number of unbranched alkanes of at least 4 members (excludes halogenated alkanes) is 1. The first kappa shape index (κ1) is 20.9. The maximum atomic E-state index is 12.8. The van der Waals surface area contributed by atoms with E-state index in [9.17, 15) is 13.2 Å². The fraction of sp³-hybridized carbons (Fsp3) is 0.526. The Morgan fingerprint density at radius 1 is 1.36 bits per heavy atom. The van der Waals surface area contributed by atoms with Crippen LogP contribution in [0.4, 0.5) is 0 Å². The van der Waals surface area contributed by atoms with Crippen molar-refractivity contribution in [1.29, 1.82) is 0 Å². The summed E-state index contributed by atoms with van der Waals surface area (Å²) in [6.45, 7) is 4.62. The topological polar surface area (TPSA) is 93.4 Å². The third-order valence-electron chi connectivity index (χ3n) is 4.71. The van der Waals surface area contributed by atoms with Gasteiger partial charge in [-0.3, -0.25) is 4.79 Å². The van der Waals surface area contributed by atoms with Crippen LogP contribution in [0.5, 0.6) is 0 Å². The number of carbonyl (C=O) groups is 1. The van der Waals surface area contributed by atoms with Crippen molar-refractivity contribution < 1.29 is 17.6 Å². The summed E-state index contributed by atoms with van der Waals surface area (Å²) in [6.07, 6.45) is 2.31. The average molecular weight is 424 g/mol. The molecular formula is C19H25N3O4S2. The first-order valence-corrected chi connectivity index (χ1v) is 12.2. The lowest BCUT2D eigenvalue weighted by Crippen LogP contribution is -2.42. The van der Waals surface area contributed by atoms with Gasteiger partial charge in [-0.1, -0.05) is 42.8 Å². The first-order chi connectivity index (χ1) is 13.4. The fourth-order valence-electron chi connectivity index (χ4n) is 3.23. The van der Waals surface area contributed by atoms with E-state index in [0.29, 0.717) is 24.1 Å². The molecule has 0 N–H and O–H groups in total. The average Bonchev–Trinajstić information content (AvgIpc) is 3.27. The van der Waals surface area contributed by atoms with Gasteiger partial charge in [0.2, 0.25) is 11.8 Å². The van der Waals surface area contributed by atoms with Gasteiger partial charge in [-0.25, -0.2) is 8.42 Å². The largest absolute Gasteiger partial charge is 0.411 e. The van der Waals surface area contributed by atoms with Gasteiger partial charge in [0.25, 0.3) is 5.22 Å². The van der Waals surface area contributed by atoms with Gasteiger partial charge in [-0.15, -0.1) is 10.2 Å². The number of rotatable bonds is 8. The molecule has 1 aromatic heterocycles. The molecule has 0 bridgehead atoms. The van der Waals surface area contributed by atoms with Crippen molar-refractivity contribution in [3.05, 3.63) is 29.8 Å². The summed E-state index contributed by atoms with van der Waals surface area (Å²) in [4.78, 5) is 14.5. The molecule has 2 heterocycles. The standard InChI is InChI=1S/C19H25N3O4S2/c1-3-4-9-22(16-8-10-28(24,25)13-16)17(23)12-27-19-21-20-18(26-19)15-7-5-6-14(2)11-15/h5-7,11,16H,3-4,8-10,12-13H2,1-2H3/t16-/m1/s1. The number of hydrogen-bond acceptors (Lipinski definition) is 7. The molecule has 1 aliphatic heterocycles. The highest BCUT2D eigenvalue weighted by atomic mass is 32.2. The molecular weight excluding hydrogens is 398 g/mol. The Hall–Kier alpha value is -1.87. The molecule has 1 aliphatic rings. The second-order valence-corrected chi connectivity index (χ2v) is 10.2. The van der Waals surface area contributed by atoms with E-state index in [1.54, 1.807) is 4.90 Å². The Balaban J connectivity index is 1.63. The Bertz CT molecular complexity index is 927. The SMILES string of the molecule is CCCCN(C(=O)CSc1nnc(-c2cccc(C)c2)o1)[C@@H]1CCS(=O)(=O)C1. The van der Waals surface area contributed by atoms with Crippen LogP contribution < -0.4 is 0 Å². The Kier molecular flexibility index (Phi) is 6.77. The third-order valence-corrected chi connectivity index (χ3v) is 7.27. The van der Waals surface area contributed by atoms with Gasteiger partial charge in [0.1, 0.15) is 0 Å². The Morgan fingerprint density at radius 2 is 2.18 bits per heavy atom. The summed E-state index contributed by atoms with van der Waals surface area (Å²) in [7, 11) is -3.04. The lowest BCUT2D eigenvalue weighted by atomic mass is 10.1. The van der Waals surface area contributed by atoms with Crippen molar-refractivity contribution in [2.45, 2.75) is 44.4 Å². The summed E-state index contributed by atoms with van der Waals surface area (Å²) < 4.78 is 29.3. The van der Waals surface area contributed by atoms with Crippen LogP contribution in [-0.4, -0.2) is 59.3 Å². The summed E-state index contributed by atoms with van der Waals surface area (Å²) in [5, 5.41) is 8.40. The minimum absolute atomic E-state index is 0.0607. The molecule has 28 heavy (non-hydrogen) atoms. The molecule has 1 fully saturated rings. The number of hydrogen-bond donors (Lipinski definition) is 0. The summed E-state index contributed by atoms with van der Waals surface area (Å²) in [6, 6.07) is 7.54. The molecule has 1 atom stereocenters. The fourth-order valence-corrected chi connectivity index (χ4v) is 5.61. The van der Waals surface area contributed by atoms with Gasteiger partial charge in [0.15, 0.2) is 9.84 Å². The monoisotopic (exact) mass is 423 g/mol. The molecule has 7 nitrogen and oxygen atoms in total. The van der Waals surface area contributed by atoms with Crippen molar-refractivity contribution in [3.63, 3.8) is 0 Å². The zero-order chi connectivity index (χ0) is 20.1. The number of nitrogens with zero attached hydrogens (tertiary/aromatic N) is 3. The highest BCUT2D eigenvalue weighted by Gasteiger charge is 2.34. The van der Waals surface area contributed by atoms with Gasteiger partial charge in [0.05, 0.1) is 17.3 Å². The number of thioether (sulfide) groups is 1. The molecule has 1 saturated heterocycles. The molecule has 2 aromatic rings. The zero-order valence-electron chi connectivity index (χ0n) is 16.1. The maximum Gasteiger partial charge on any atom is 0.277 e. The minimum Gasteiger partial charge on any atom is -0.411 e. The molecule has 1 amide bonds. The van der Waals surface area contributed by atoms with Crippen molar-refractivity contribution >= 4 is 27.5 Å². The third kappa shape index (κ3) is 5.35. The smallest absolute Gasteiger partial charge is 0.277 e. The zero-order valence-corrected chi connectivity index (χ0v) is 17.8. The maximum absolute atomic E-state index is 12.8. The van der Waals surface area contributed by atoms with Crippen LogP contribution in [0.2, 0.25) is 0 Å². The van der Waals surface area contributed by atoms with Crippen LogP contribution in [-0.2, 0) is 14.6 Å². The van der Waals surface area contributed by atoms with E-state index in [0.717, 1.165) is 24.0 Å². The highest BCUT2D eigenvalue weighted by Crippen LogP contribution is 2.25. The molecule has 0 spiro atoms. The van der Waals surface area contributed by atoms with Gasteiger partial charge < -0.3 is 9.32 Å². The van der Waals surface area contributed by atoms with Crippen molar-refractivity contribution in [3.8, 4) is 11.5 Å². The van der Waals surface area contributed by atoms with Crippen LogP contribution in [0.3, 0.4) is 0 Å². The van der Waals surface area contributed by atoms with Gasteiger partial charge in [0, 0.05) is 18.2 Å². The lowest BCUT2D eigenvalue weighted by Gasteiger charge is -2.28. The van der Waals surface area contributed by atoms with E-state index in [2.05, 4.69) is 10.2 Å². The Labute approximate surface area is 169 Å². The van der Waals surface area contributed by atoms with E-state index >= 15 is 0 Å². The summed E-state index contributed by atoms with van der Waals surface area (Å²) >= 11 is 1.19. The van der Waals surface area contributed by atoms with Crippen LogP contribution in [0.1, 0.15) is 31.7 Å². The summed E-state index contributed by atoms with van der Waals surface area (Å²) in [5.41, 5.74) is 1.93. The predicted molar refractivity (Wildman–Crippen MR) is 109 cm³/mol. The van der Waals surface area contributed by atoms with E-state index in [4.69, 9.17) is 4.42 Å². The highest BCUT2D eigenvalue weighted by molar-refractivity contribution is 7.99. The number of sulfone groups is 1. The second-order valence-electron chi connectivity index (χ2n) is 7.03. The number of aryl methyl sites for hydroxylation is 1. The molecule has 1 aromatic carbocycles. The van der Waals surface area contributed by atoms with Crippen LogP contribution in [0.25, 0.3) is 11.5 Å². The number of benzene rings is 1. The molecule has 0 aliphatic carbocycles. The van der Waals surface area contributed by atoms with E-state index in [-0.39, 0.29) is 29.2 Å². The number of aromatic nitrogens is 2. The molecule has 152 valence electrons. The van der Waals surface area contributed by atoms with E-state index < -0.39 is 9.84 Å².